The molecule has 5 nitrogen and oxygen atoms in total. The lowest BCUT2D eigenvalue weighted by Gasteiger charge is -2.18. The number of carbonyl (C=O) groups is 2. The Hall–Kier alpha value is -1.10. The van der Waals surface area contributed by atoms with Crippen LogP contribution in [-0.2, 0) is 9.59 Å². The van der Waals surface area contributed by atoms with Crippen LogP contribution in [0.2, 0.25) is 0 Å². The Morgan fingerprint density at radius 3 is 1.32 bits per heavy atom. The summed E-state index contributed by atoms with van der Waals surface area (Å²) in [5.41, 5.74) is 5.65. The van der Waals surface area contributed by atoms with Crippen molar-refractivity contribution in [2.75, 3.05) is 13.1 Å². The van der Waals surface area contributed by atoms with Gasteiger partial charge in [-0.2, -0.15) is 0 Å². The van der Waals surface area contributed by atoms with Gasteiger partial charge in [-0.15, -0.1) is 0 Å². The van der Waals surface area contributed by atoms with Crippen molar-refractivity contribution in [3.05, 3.63) is 0 Å². The highest BCUT2D eigenvalue weighted by atomic mass is 16.2. The fourth-order valence-electron chi connectivity index (χ4n) is 5.63. The van der Waals surface area contributed by atoms with Crippen molar-refractivity contribution < 1.29 is 9.59 Å². The predicted octanol–water partition coefficient (Wildman–Crippen LogP) is 9.90. The number of carbonyl (C=O) groups excluding carboxylic acids is 2. The van der Waals surface area contributed by atoms with Crippen LogP contribution in [0, 0.1) is 0 Å². The maximum atomic E-state index is 12.8. The van der Waals surface area contributed by atoms with Crippen LogP contribution in [0.4, 0.5) is 0 Å². The van der Waals surface area contributed by atoms with Crippen molar-refractivity contribution in [2.45, 2.75) is 206 Å². The molecule has 1 atom stereocenters. The van der Waals surface area contributed by atoms with Crippen LogP contribution in [0.15, 0.2) is 0 Å². The zero-order valence-electron chi connectivity index (χ0n) is 27.9. The third-order valence-electron chi connectivity index (χ3n) is 8.44. The van der Waals surface area contributed by atoms with Crippen LogP contribution in [0.25, 0.3) is 0 Å². The molecule has 0 aliphatic heterocycles. The predicted molar refractivity (Wildman–Crippen MR) is 179 cm³/mol. The lowest BCUT2D eigenvalue weighted by atomic mass is 10.0. The van der Waals surface area contributed by atoms with E-state index in [2.05, 4.69) is 24.5 Å². The van der Waals surface area contributed by atoms with Gasteiger partial charge in [-0.05, 0) is 38.6 Å². The molecule has 0 spiro atoms. The van der Waals surface area contributed by atoms with Gasteiger partial charge in [0.1, 0.15) is 6.04 Å². The molecule has 0 unspecified atom stereocenters. The van der Waals surface area contributed by atoms with E-state index in [1.165, 1.54) is 141 Å². The molecule has 0 saturated heterocycles. The number of unbranched alkanes of at least 4 members (excludes halogenated alkanes) is 24. The van der Waals surface area contributed by atoms with E-state index in [0.29, 0.717) is 25.9 Å². The zero-order chi connectivity index (χ0) is 30.1. The molecule has 0 aliphatic carbocycles. The molecule has 5 heteroatoms. The van der Waals surface area contributed by atoms with Gasteiger partial charge in [-0.3, -0.25) is 9.59 Å². The normalized spacial score (nSPS) is 12.0. The van der Waals surface area contributed by atoms with Gasteiger partial charge in [-0.1, -0.05) is 162 Å². The smallest absolute Gasteiger partial charge is 0.242 e. The lowest BCUT2D eigenvalue weighted by molar-refractivity contribution is -0.129. The van der Waals surface area contributed by atoms with Crippen LogP contribution in [0.3, 0.4) is 0 Å². The summed E-state index contributed by atoms with van der Waals surface area (Å²) in [6.45, 7) is 5.87. The van der Waals surface area contributed by atoms with E-state index in [9.17, 15) is 9.59 Å². The molecule has 2 amide bonds. The summed E-state index contributed by atoms with van der Waals surface area (Å²) in [5.74, 6) is -0.00526. The summed E-state index contributed by atoms with van der Waals surface area (Å²) in [4.78, 5) is 25.4. The van der Waals surface area contributed by atoms with Gasteiger partial charge in [0.25, 0.3) is 0 Å². The lowest BCUT2D eigenvalue weighted by Crippen LogP contribution is -2.47. The monoisotopic (exact) mass is 580 g/mol. The number of nitrogens with two attached hydrogens (primary N) is 1. The van der Waals surface area contributed by atoms with Gasteiger partial charge >= 0.3 is 0 Å². The van der Waals surface area contributed by atoms with Crippen LogP contribution in [0.1, 0.15) is 200 Å². The first kappa shape index (κ1) is 39.9. The number of rotatable bonds is 33. The molecule has 41 heavy (non-hydrogen) atoms. The molecule has 0 rings (SSSR count). The van der Waals surface area contributed by atoms with E-state index in [4.69, 9.17) is 5.73 Å². The molecule has 0 aromatic carbocycles. The van der Waals surface area contributed by atoms with Crippen molar-refractivity contribution >= 4 is 11.8 Å². The Bertz CT molecular complexity index is 555. The highest BCUT2D eigenvalue weighted by Crippen LogP contribution is 2.14. The molecule has 0 aromatic heterocycles. The van der Waals surface area contributed by atoms with Gasteiger partial charge < -0.3 is 16.4 Å². The first-order valence-corrected chi connectivity index (χ1v) is 18.4. The van der Waals surface area contributed by atoms with Crippen LogP contribution < -0.4 is 16.4 Å². The van der Waals surface area contributed by atoms with Crippen molar-refractivity contribution in [1.29, 1.82) is 0 Å². The van der Waals surface area contributed by atoms with Gasteiger partial charge in [0.15, 0.2) is 0 Å². The molecule has 0 fully saturated rings. The van der Waals surface area contributed by atoms with E-state index in [-0.39, 0.29) is 11.8 Å². The van der Waals surface area contributed by atoms with Gasteiger partial charge in [0, 0.05) is 13.0 Å². The van der Waals surface area contributed by atoms with Gasteiger partial charge in [0.05, 0.1) is 0 Å². The van der Waals surface area contributed by atoms with Crippen LogP contribution >= 0.6 is 0 Å². The van der Waals surface area contributed by atoms with Gasteiger partial charge in [0.2, 0.25) is 11.8 Å². The topological polar surface area (TPSA) is 84.2 Å². The summed E-state index contributed by atoms with van der Waals surface area (Å²) >= 11 is 0. The highest BCUT2D eigenvalue weighted by molar-refractivity contribution is 5.87. The number of nitrogens with one attached hydrogen (secondary N) is 2. The van der Waals surface area contributed by atoms with E-state index < -0.39 is 6.04 Å². The first-order valence-electron chi connectivity index (χ1n) is 18.4. The largest absolute Gasteiger partial charge is 0.354 e. The molecule has 0 bridgehead atoms. The van der Waals surface area contributed by atoms with Crippen molar-refractivity contribution in [3.8, 4) is 0 Å². The molecule has 0 aromatic rings. The number of hydrogen-bond donors (Lipinski definition) is 3. The van der Waals surface area contributed by atoms with E-state index in [0.717, 1.165) is 32.1 Å². The molecule has 0 radical (unpaired) electrons. The van der Waals surface area contributed by atoms with Gasteiger partial charge in [-0.25, -0.2) is 0 Å². The summed E-state index contributed by atoms with van der Waals surface area (Å²) in [7, 11) is 0. The maximum absolute atomic E-state index is 12.8. The molecular formula is C36H73N3O2. The minimum atomic E-state index is -0.423. The fraction of sp³-hybridized carbons (Fsp3) is 0.944. The summed E-state index contributed by atoms with van der Waals surface area (Å²) in [5, 5.41) is 6.10. The Morgan fingerprint density at radius 2 is 0.902 bits per heavy atom. The quantitative estimate of drug-likeness (QED) is 0.0676. The second kappa shape index (κ2) is 33.4. The Kier molecular flexibility index (Phi) is 32.5. The third kappa shape index (κ3) is 30.2. The second-order valence-corrected chi connectivity index (χ2v) is 12.6. The summed E-state index contributed by atoms with van der Waals surface area (Å²) < 4.78 is 0. The number of hydrogen-bond acceptors (Lipinski definition) is 3. The minimum absolute atomic E-state index is 0.0199. The van der Waals surface area contributed by atoms with Crippen molar-refractivity contribution in [1.82, 2.24) is 10.6 Å². The Labute approximate surface area is 256 Å². The average molecular weight is 580 g/mol. The summed E-state index contributed by atoms with van der Waals surface area (Å²) in [6, 6.07) is -0.423. The Balaban J connectivity index is 3.83. The second-order valence-electron chi connectivity index (χ2n) is 12.6. The van der Waals surface area contributed by atoms with Crippen LogP contribution in [-0.4, -0.2) is 30.9 Å². The minimum Gasteiger partial charge on any atom is -0.354 e. The van der Waals surface area contributed by atoms with Crippen LogP contribution in [0.5, 0.6) is 0 Å². The van der Waals surface area contributed by atoms with E-state index >= 15 is 0 Å². The standard InChI is InChI=1S/C36H73N3O2/c1-3-5-7-9-11-13-15-16-17-18-19-20-22-24-26-31-35(40)39-34(30-27-28-32-37)36(41)38-33-29-25-23-21-14-12-10-8-6-4-2/h34H,3-33,37H2,1-2H3,(H,38,41)(H,39,40)/t34-/m0/s1. The third-order valence-corrected chi connectivity index (χ3v) is 8.44. The van der Waals surface area contributed by atoms with E-state index in [1.54, 1.807) is 0 Å². The highest BCUT2D eigenvalue weighted by Gasteiger charge is 2.19. The SMILES string of the molecule is CCCCCCCCCCCCCCCCCC(=O)N[C@@H](CCCCN)C(=O)NCCCCCCCCCCCC. The Morgan fingerprint density at radius 1 is 0.512 bits per heavy atom. The zero-order valence-corrected chi connectivity index (χ0v) is 27.9. The molecule has 0 saturated carbocycles. The molecular weight excluding hydrogens is 506 g/mol. The van der Waals surface area contributed by atoms with E-state index in [1.807, 2.05) is 0 Å². The number of amides is 2. The van der Waals surface area contributed by atoms with Crippen molar-refractivity contribution in [3.63, 3.8) is 0 Å². The first-order chi connectivity index (χ1) is 20.2. The maximum Gasteiger partial charge on any atom is 0.242 e. The summed E-state index contributed by atoms with van der Waals surface area (Å²) in [6.07, 6.45) is 35.6. The molecule has 244 valence electrons. The molecule has 4 N–H and O–H groups in total. The average Bonchev–Trinajstić information content (AvgIpc) is 2.97. The van der Waals surface area contributed by atoms with Crippen molar-refractivity contribution in [2.24, 2.45) is 5.73 Å². The molecule has 0 heterocycles. The fourth-order valence-corrected chi connectivity index (χ4v) is 5.63. The molecule has 0 aliphatic rings.